The van der Waals surface area contributed by atoms with Gasteiger partial charge in [-0.3, -0.25) is 4.79 Å². The first kappa shape index (κ1) is 20.8. The number of nitrogens with zero attached hydrogens (tertiary/aromatic N) is 2. The van der Waals surface area contributed by atoms with E-state index in [1.54, 1.807) is 19.0 Å². The third-order valence-corrected chi connectivity index (χ3v) is 4.36. The number of hydrogen-bond donors (Lipinski definition) is 2. The van der Waals surface area contributed by atoms with Gasteiger partial charge in [-0.15, -0.1) is 0 Å². The van der Waals surface area contributed by atoms with Crippen LogP contribution in [0, 0.1) is 0 Å². The van der Waals surface area contributed by atoms with Crippen molar-refractivity contribution < 1.29 is 4.79 Å². The summed E-state index contributed by atoms with van der Waals surface area (Å²) in [5, 5.41) is 7.29. The van der Waals surface area contributed by atoms with Crippen molar-refractivity contribution in [3.05, 3.63) is 70.2 Å². The highest BCUT2D eigenvalue weighted by Gasteiger charge is 2.08. The molecule has 0 atom stereocenters. The van der Waals surface area contributed by atoms with Gasteiger partial charge in [0, 0.05) is 37.8 Å². The molecular formula is C21H27ClN4O. The van der Waals surface area contributed by atoms with Gasteiger partial charge in [0.05, 0.1) is 6.54 Å². The molecule has 144 valence electrons. The zero-order valence-corrected chi connectivity index (χ0v) is 16.9. The van der Waals surface area contributed by atoms with Gasteiger partial charge < -0.3 is 15.5 Å². The first-order chi connectivity index (χ1) is 13.0. The highest BCUT2D eigenvalue weighted by molar-refractivity contribution is 6.31. The lowest BCUT2D eigenvalue weighted by molar-refractivity contribution is 0.0827. The molecular weight excluding hydrogens is 360 g/mol. The number of halogens is 1. The normalized spacial score (nSPS) is 11.2. The molecule has 0 unspecified atom stereocenters. The van der Waals surface area contributed by atoms with Crippen LogP contribution in [0.25, 0.3) is 0 Å². The van der Waals surface area contributed by atoms with Crippen molar-refractivity contribution in [1.29, 1.82) is 0 Å². The summed E-state index contributed by atoms with van der Waals surface area (Å²) >= 11 is 6.19. The van der Waals surface area contributed by atoms with Gasteiger partial charge in [0.2, 0.25) is 0 Å². The van der Waals surface area contributed by atoms with Crippen LogP contribution in [-0.2, 0) is 13.0 Å². The van der Waals surface area contributed by atoms with Crippen molar-refractivity contribution in [3.63, 3.8) is 0 Å². The van der Waals surface area contributed by atoms with Crippen LogP contribution < -0.4 is 10.6 Å². The van der Waals surface area contributed by atoms with Gasteiger partial charge in [0.15, 0.2) is 5.96 Å². The third-order valence-electron chi connectivity index (χ3n) is 4.00. The topological polar surface area (TPSA) is 56.7 Å². The van der Waals surface area contributed by atoms with E-state index in [-0.39, 0.29) is 5.91 Å². The van der Waals surface area contributed by atoms with E-state index in [0.29, 0.717) is 18.7 Å². The summed E-state index contributed by atoms with van der Waals surface area (Å²) in [7, 11) is 3.52. The minimum Gasteiger partial charge on any atom is -0.357 e. The van der Waals surface area contributed by atoms with Crippen LogP contribution in [0.5, 0.6) is 0 Å². The fourth-order valence-corrected chi connectivity index (χ4v) is 2.77. The Hall–Kier alpha value is -2.53. The second-order valence-electron chi connectivity index (χ2n) is 6.36. The van der Waals surface area contributed by atoms with E-state index in [1.807, 2.05) is 55.5 Å². The Morgan fingerprint density at radius 2 is 1.89 bits per heavy atom. The van der Waals surface area contributed by atoms with Crippen LogP contribution in [0.4, 0.5) is 0 Å². The number of nitrogens with one attached hydrogen (secondary N) is 2. The van der Waals surface area contributed by atoms with Gasteiger partial charge in [0.25, 0.3) is 5.91 Å². The zero-order valence-electron chi connectivity index (χ0n) is 16.1. The van der Waals surface area contributed by atoms with Crippen LogP contribution in [0.3, 0.4) is 0 Å². The van der Waals surface area contributed by atoms with Crippen LogP contribution in [0.1, 0.15) is 28.4 Å². The molecule has 2 aromatic carbocycles. The number of carbonyl (C=O) groups excluding carboxylic acids is 1. The quantitative estimate of drug-likeness (QED) is 0.566. The lowest BCUT2D eigenvalue weighted by atomic mass is 10.1. The minimum absolute atomic E-state index is 0.0134. The molecule has 27 heavy (non-hydrogen) atoms. The van der Waals surface area contributed by atoms with E-state index in [2.05, 4.69) is 15.6 Å². The summed E-state index contributed by atoms with van der Waals surface area (Å²) in [6, 6.07) is 15.4. The Balaban J connectivity index is 1.94. The fraction of sp³-hybridized carbons (Fsp3) is 0.333. The molecule has 0 saturated carbocycles. The molecule has 0 heterocycles. The predicted molar refractivity (Wildman–Crippen MR) is 112 cm³/mol. The van der Waals surface area contributed by atoms with Gasteiger partial charge in [-0.2, -0.15) is 0 Å². The number of benzene rings is 2. The van der Waals surface area contributed by atoms with Crippen molar-refractivity contribution in [2.45, 2.75) is 19.9 Å². The largest absolute Gasteiger partial charge is 0.357 e. The highest BCUT2D eigenvalue weighted by atomic mass is 35.5. The molecule has 0 fully saturated rings. The molecule has 0 aliphatic heterocycles. The number of carbonyl (C=O) groups is 1. The van der Waals surface area contributed by atoms with Gasteiger partial charge in [-0.05, 0) is 42.7 Å². The maximum atomic E-state index is 12.1. The second-order valence-corrected chi connectivity index (χ2v) is 6.77. The van der Waals surface area contributed by atoms with E-state index >= 15 is 0 Å². The summed E-state index contributed by atoms with van der Waals surface area (Å²) in [5.74, 6) is 0.761. The summed E-state index contributed by atoms with van der Waals surface area (Å²) < 4.78 is 0. The molecule has 2 rings (SSSR count). The molecule has 0 aromatic heterocycles. The number of aliphatic imine (C=N–C) groups is 1. The van der Waals surface area contributed by atoms with Crippen molar-refractivity contribution in [1.82, 2.24) is 15.5 Å². The SMILES string of the molecule is CCNC(=NCc1ccccc1Cl)NCCc1cccc(C(=O)N(C)C)c1. The first-order valence-electron chi connectivity index (χ1n) is 9.07. The molecule has 0 saturated heterocycles. The van der Waals surface area contributed by atoms with Crippen molar-refractivity contribution >= 4 is 23.5 Å². The van der Waals surface area contributed by atoms with Crippen molar-refractivity contribution in [3.8, 4) is 0 Å². The maximum Gasteiger partial charge on any atom is 0.253 e. The van der Waals surface area contributed by atoms with E-state index < -0.39 is 0 Å². The van der Waals surface area contributed by atoms with Crippen LogP contribution >= 0.6 is 11.6 Å². The molecule has 6 heteroatoms. The predicted octanol–water partition coefficient (Wildman–Crippen LogP) is 3.34. The Morgan fingerprint density at radius 1 is 1.11 bits per heavy atom. The number of hydrogen-bond acceptors (Lipinski definition) is 2. The molecule has 0 aliphatic rings. The lowest BCUT2D eigenvalue weighted by Crippen LogP contribution is -2.38. The number of rotatable bonds is 7. The van der Waals surface area contributed by atoms with Gasteiger partial charge in [-0.25, -0.2) is 4.99 Å². The monoisotopic (exact) mass is 386 g/mol. The summed E-state index contributed by atoms with van der Waals surface area (Å²) in [4.78, 5) is 18.3. The fourth-order valence-electron chi connectivity index (χ4n) is 2.58. The summed E-state index contributed by atoms with van der Waals surface area (Å²) in [5.41, 5.74) is 2.81. The molecule has 0 aliphatic carbocycles. The Bertz CT molecular complexity index is 789. The van der Waals surface area contributed by atoms with Gasteiger partial charge >= 0.3 is 0 Å². The average molecular weight is 387 g/mol. The molecule has 1 amide bonds. The van der Waals surface area contributed by atoms with E-state index in [0.717, 1.165) is 35.1 Å². The highest BCUT2D eigenvalue weighted by Crippen LogP contribution is 2.15. The first-order valence-corrected chi connectivity index (χ1v) is 9.45. The van der Waals surface area contributed by atoms with Crippen LogP contribution in [0.2, 0.25) is 5.02 Å². The average Bonchev–Trinajstić information content (AvgIpc) is 2.66. The van der Waals surface area contributed by atoms with Crippen molar-refractivity contribution in [2.75, 3.05) is 27.2 Å². The van der Waals surface area contributed by atoms with Gasteiger partial charge in [0.1, 0.15) is 0 Å². The Morgan fingerprint density at radius 3 is 2.59 bits per heavy atom. The standard InChI is InChI=1S/C21H27ClN4O/c1-4-23-21(25-15-18-9-5-6-11-19(18)22)24-13-12-16-8-7-10-17(14-16)20(27)26(2)3/h5-11,14H,4,12-13,15H2,1-3H3,(H2,23,24,25). The van der Waals surface area contributed by atoms with E-state index in [1.165, 1.54) is 0 Å². The third kappa shape index (κ3) is 6.61. The number of amides is 1. The molecule has 0 bridgehead atoms. The second kappa shape index (κ2) is 10.6. The number of guanidine groups is 1. The van der Waals surface area contributed by atoms with Crippen molar-refractivity contribution in [2.24, 2.45) is 4.99 Å². The van der Waals surface area contributed by atoms with E-state index in [4.69, 9.17) is 11.6 Å². The molecule has 0 radical (unpaired) electrons. The van der Waals surface area contributed by atoms with Gasteiger partial charge in [-0.1, -0.05) is 41.9 Å². The smallest absolute Gasteiger partial charge is 0.253 e. The minimum atomic E-state index is 0.0134. The van der Waals surface area contributed by atoms with E-state index in [9.17, 15) is 4.79 Å². The Labute approximate surface area is 166 Å². The summed E-state index contributed by atoms with van der Waals surface area (Å²) in [6.07, 6.45) is 0.797. The molecule has 2 aromatic rings. The van der Waals surface area contributed by atoms with Crippen LogP contribution in [0.15, 0.2) is 53.5 Å². The van der Waals surface area contributed by atoms with Crippen LogP contribution in [-0.4, -0.2) is 44.0 Å². The summed E-state index contributed by atoms with van der Waals surface area (Å²) in [6.45, 7) is 4.04. The lowest BCUT2D eigenvalue weighted by Gasteiger charge is -2.13. The molecule has 2 N–H and O–H groups in total. The Kier molecular flexibility index (Phi) is 8.14. The molecule has 5 nitrogen and oxygen atoms in total. The maximum absolute atomic E-state index is 12.1. The molecule has 0 spiro atoms. The zero-order chi connectivity index (χ0) is 19.6.